The Balaban J connectivity index is 2.15. The van der Waals surface area contributed by atoms with Crippen LogP contribution in [-0.2, 0) is 6.54 Å². The minimum atomic E-state index is 0.198. The maximum absolute atomic E-state index is 5.65. The van der Waals surface area contributed by atoms with Gasteiger partial charge in [-0.3, -0.25) is 0 Å². The number of benzene rings is 1. The molecule has 102 valence electrons. The van der Waals surface area contributed by atoms with E-state index in [2.05, 4.69) is 24.4 Å². The van der Waals surface area contributed by atoms with Gasteiger partial charge in [0.15, 0.2) is 0 Å². The van der Waals surface area contributed by atoms with Crippen molar-refractivity contribution in [3.8, 4) is 16.9 Å². The summed E-state index contributed by atoms with van der Waals surface area (Å²) in [6.45, 7) is 7.82. The molecule has 0 fully saturated rings. The van der Waals surface area contributed by atoms with E-state index >= 15 is 0 Å². The Labute approximate surface area is 114 Å². The van der Waals surface area contributed by atoms with Gasteiger partial charge >= 0.3 is 0 Å². The van der Waals surface area contributed by atoms with E-state index in [0.29, 0.717) is 0 Å². The van der Waals surface area contributed by atoms with Gasteiger partial charge in [0.1, 0.15) is 11.5 Å². The lowest BCUT2D eigenvalue weighted by molar-refractivity contribution is 0.242. The first kappa shape index (κ1) is 13.7. The van der Waals surface area contributed by atoms with E-state index in [0.717, 1.165) is 35.7 Å². The van der Waals surface area contributed by atoms with Crippen molar-refractivity contribution in [1.29, 1.82) is 0 Å². The van der Waals surface area contributed by atoms with Crippen LogP contribution in [0.1, 0.15) is 26.5 Å². The molecule has 0 bridgehead atoms. The fourth-order valence-corrected chi connectivity index (χ4v) is 1.96. The molecule has 0 saturated carbocycles. The van der Waals surface area contributed by atoms with E-state index in [-0.39, 0.29) is 6.10 Å². The second-order valence-corrected chi connectivity index (χ2v) is 4.73. The van der Waals surface area contributed by atoms with Crippen LogP contribution >= 0.6 is 0 Å². The molecule has 1 aromatic heterocycles. The summed E-state index contributed by atoms with van der Waals surface area (Å²) >= 11 is 0. The summed E-state index contributed by atoms with van der Waals surface area (Å²) in [5.41, 5.74) is 2.29. The Morgan fingerprint density at radius 3 is 2.53 bits per heavy atom. The van der Waals surface area contributed by atoms with Crippen LogP contribution in [0.15, 0.2) is 41.0 Å². The smallest absolute Gasteiger partial charge is 0.125 e. The normalized spacial score (nSPS) is 10.9. The predicted octanol–water partition coefficient (Wildman–Crippen LogP) is 3.84. The van der Waals surface area contributed by atoms with Crippen molar-refractivity contribution >= 4 is 0 Å². The Morgan fingerprint density at radius 2 is 1.89 bits per heavy atom. The van der Waals surface area contributed by atoms with Gasteiger partial charge < -0.3 is 14.5 Å². The minimum Gasteiger partial charge on any atom is -0.491 e. The average Bonchev–Trinajstić information content (AvgIpc) is 2.85. The van der Waals surface area contributed by atoms with Crippen LogP contribution in [0.25, 0.3) is 11.1 Å². The Hall–Kier alpha value is -1.74. The zero-order valence-corrected chi connectivity index (χ0v) is 11.8. The summed E-state index contributed by atoms with van der Waals surface area (Å²) in [6.07, 6.45) is 1.93. The van der Waals surface area contributed by atoms with Gasteiger partial charge in [0, 0.05) is 5.56 Å². The topological polar surface area (TPSA) is 34.4 Å². The molecule has 0 aliphatic heterocycles. The van der Waals surface area contributed by atoms with Crippen LogP contribution in [-0.4, -0.2) is 12.6 Å². The van der Waals surface area contributed by atoms with Crippen LogP contribution < -0.4 is 10.1 Å². The SMILES string of the molecule is CCNCc1occc1-c1ccc(OC(C)C)cc1. The molecule has 2 rings (SSSR count). The molecule has 0 aliphatic carbocycles. The van der Waals surface area contributed by atoms with Gasteiger partial charge in [-0.05, 0) is 44.2 Å². The zero-order chi connectivity index (χ0) is 13.7. The van der Waals surface area contributed by atoms with Gasteiger partial charge in [-0.25, -0.2) is 0 Å². The number of ether oxygens (including phenoxy) is 1. The highest BCUT2D eigenvalue weighted by atomic mass is 16.5. The van der Waals surface area contributed by atoms with Crippen molar-refractivity contribution in [2.24, 2.45) is 0 Å². The molecule has 0 unspecified atom stereocenters. The summed E-state index contributed by atoms with van der Waals surface area (Å²) < 4.78 is 11.2. The molecular formula is C16H21NO2. The molecule has 0 saturated heterocycles. The summed E-state index contributed by atoms with van der Waals surface area (Å²) in [5, 5.41) is 3.28. The third kappa shape index (κ3) is 3.61. The molecule has 3 heteroatoms. The molecule has 2 aromatic rings. The zero-order valence-electron chi connectivity index (χ0n) is 11.8. The van der Waals surface area contributed by atoms with Gasteiger partial charge in [0.05, 0.1) is 18.9 Å². The van der Waals surface area contributed by atoms with Crippen molar-refractivity contribution in [2.75, 3.05) is 6.54 Å². The van der Waals surface area contributed by atoms with Crippen molar-refractivity contribution in [3.63, 3.8) is 0 Å². The van der Waals surface area contributed by atoms with E-state index in [1.807, 2.05) is 32.0 Å². The number of nitrogens with one attached hydrogen (secondary N) is 1. The molecule has 0 radical (unpaired) electrons. The van der Waals surface area contributed by atoms with Crippen LogP contribution in [0.4, 0.5) is 0 Å². The number of rotatable bonds is 6. The summed E-state index contributed by atoms with van der Waals surface area (Å²) in [4.78, 5) is 0. The number of hydrogen-bond donors (Lipinski definition) is 1. The Kier molecular flexibility index (Phi) is 4.63. The molecule has 1 N–H and O–H groups in total. The van der Waals surface area contributed by atoms with Crippen LogP contribution in [0, 0.1) is 0 Å². The lowest BCUT2D eigenvalue weighted by atomic mass is 10.1. The minimum absolute atomic E-state index is 0.198. The first-order chi connectivity index (χ1) is 9.20. The summed E-state index contributed by atoms with van der Waals surface area (Å²) in [7, 11) is 0. The lowest BCUT2D eigenvalue weighted by Gasteiger charge is -2.10. The van der Waals surface area contributed by atoms with Crippen LogP contribution in [0.5, 0.6) is 5.75 Å². The quantitative estimate of drug-likeness (QED) is 0.855. The van der Waals surface area contributed by atoms with Crippen LogP contribution in [0.2, 0.25) is 0 Å². The second kappa shape index (κ2) is 6.43. The van der Waals surface area contributed by atoms with Crippen molar-refractivity contribution in [1.82, 2.24) is 5.32 Å². The number of hydrogen-bond acceptors (Lipinski definition) is 3. The molecule has 1 heterocycles. The Morgan fingerprint density at radius 1 is 1.16 bits per heavy atom. The first-order valence-corrected chi connectivity index (χ1v) is 6.75. The molecule has 1 aromatic carbocycles. The first-order valence-electron chi connectivity index (χ1n) is 6.75. The van der Waals surface area contributed by atoms with Crippen molar-refractivity contribution in [2.45, 2.75) is 33.4 Å². The van der Waals surface area contributed by atoms with Crippen molar-refractivity contribution in [3.05, 3.63) is 42.4 Å². The maximum Gasteiger partial charge on any atom is 0.125 e. The highest BCUT2D eigenvalue weighted by Crippen LogP contribution is 2.27. The highest BCUT2D eigenvalue weighted by molar-refractivity contribution is 5.66. The van der Waals surface area contributed by atoms with Gasteiger partial charge in [0.25, 0.3) is 0 Å². The third-order valence-corrected chi connectivity index (χ3v) is 2.82. The molecular weight excluding hydrogens is 238 g/mol. The predicted molar refractivity (Wildman–Crippen MR) is 77.3 cm³/mol. The van der Waals surface area contributed by atoms with E-state index < -0.39 is 0 Å². The fourth-order valence-electron chi connectivity index (χ4n) is 1.96. The van der Waals surface area contributed by atoms with Crippen LogP contribution in [0.3, 0.4) is 0 Å². The molecule has 0 amide bonds. The highest BCUT2D eigenvalue weighted by Gasteiger charge is 2.08. The third-order valence-electron chi connectivity index (χ3n) is 2.82. The molecule has 0 atom stereocenters. The van der Waals surface area contributed by atoms with E-state index in [4.69, 9.17) is 9.15 Å². The van der Waals surface area contributed by atoms with Crippen molar-refractivity contribution < 1.29 is 9.15 Å². The second-order valence-electron chi connectivity index (χ2n) is 4.73. The molecule has 0 spiro atoms. The van der Waals surface area contributed by atoms with Gasteiger partial charge in [0.2, 0.25) is 0 Å². The maximum atomic E-state index is 5.65. The standard InChI is InChI=1S/C16H21NO2/c1-4-17-11-16-15(9-10-18-16)13-5-7-14(8-6-13)19-12(2)3/h5-10,12,17H,4,11H2,1-3H3. The summed E-state index contributed by atoms with van der Waals surface area (Å²) in [6, 6.07) is 10.1. The number of furan rings is 1. The largest absolute Gasteiger partial charge is 0.491 e. The van der Waals surface area contributed by atoms with E-state index in [1.165, 1.54) is 0 Å². The molecule has 19 heavy (non-hydrogen) atoms. The van der Waals surface area contributed by atoms with Gasteiger partial charge in [-0.15, -0.1) is 0 Å². The van der Waals surface area contributed by atoms with Gasteiger partial charge in [-0.1, -0.05) is 19.1 Å². The van der Waals surface area contributed by atoms with E-state index in [9.17, 15) is 0 Å². The summed E-state index contributed by atoms with van der Waals surface area (Å²) in [5.74, 6) is 1.87. The fraction of sp³-hybridized carbons (Fsp3) is 0.375. The monoisotopic (exact) mass is 259 g/mol. The lowest BCUT2D eigenvalue weighted by Crippen LogP contribution is -2.11. The van der Waals surface area contributed by atoms with E-state index in [1.54, 1.807) is 6.26 Å². The molecule has 3 nitrogen and oxygen atoms in total. The average molecular weight is 259 g/mol. The molecule has 0 aliphatic rings. The van der Waals surface area contributed by atoms with Gasteiger partial charge in [-0.2, -0.15) is 0 Å². The Bertz CT molecular complexity index is 500.